The Morgan fingerprint density at radius 1 is 0.281 bits per heavy atom. The van der Waals surface area contributed by atoms with E-state index in [0.717, 1.165) is 0 Å². The molecular formula is C50H99F3N32O11. The van der Waals surface area contributed by atoms with E-state index in [2.05, 4.69) is 77.2 Å². The summed E-state index contributed by atoms with van der Waals surface area (Å²) in [7, 11) is 0. The Balaban J connectivity index is 0. The van der Waals surface area contributed by atoms with Crippen molar-refractivity contribution >= 4 is 101 Å². The first kappa shape index (κ1) is 87.2. The minimum Gasteiger partial charge on any atom is -0.480 e. The van der Waals surface area contributed by atoms with Crippen LogP contribution in [-0.4, -0.2) is 218 Å². The Labute approximate surface area is 550 Å². The number of halogens is 3. The molecule has 0 heterocycles. The van der Waals surface area contributed by atoms with Crippen molar-refractivity contribution in [2.75, 3.05) is 52.4 Å². The average Bonchev–Trinajstić information content (AvgIpc) is 0.907. The molecule has 0 radical (unpaired) electrons. The van der Waals surface area contributed by atoms with Gasteiger partial charge in [-0.15, -0.1) is 0 Å². The van der Waals surface area contributed by atoms with E-state index in [-0.39, 0.29) is 196 Å². The molecule has 0 aromatic rings. The molecule has 0 aliphatic heterocycles. The van der Waals surface area contributed by atoms with Crippen LogP contribution in [0.25, 0.3) is 0 Å². The molecule has 43 N–H and O–H groups in total. The van der Waals surface area contributed by atoms with Gasteiger partial charge in [-0.2, -0.15) is 13.2 Å². The lowest BCUT2D eigenvalue weighted by molar-refractivity contribution is -0.192. The Morgan fingerprint density at radius 2 is 0.427 bits per heavy atom. The van der Waals surface area contributed by atoms with Crippen LogP contribution in [0.15, 0.2) is 39.9 Å². The smallest absolute Gasteiger partial charge is 0.480 e. The van der Waals surface area contributed by atoms with Crippen molar-refractivity contribution < 1.29 is 66.5 Å². The first-order valence-electron chi connectivity index (χ1n) is 29.7. The fraction of sp³-hybridized carbons (Fsp3) is 0.660. The minimum absolute atomic E-state index is 0.00317. The fourth-order valence-corrected chi connectivity index (χ4v) is 7.96. The van der Waals surface area contributed by atoms with Gasteiger partial charge >= 0.3 is 18.1 Å². The molecule has 8 atom stereocenters. The number of hydrogen-bond donors (Lipinski definition) is 26. The summed E-state index contributed by atoms with van der Waals surface area (Å²) in [6, 6.07) is -11.3. The third-order valence-electron chi connectivity index (χ3n) is 12.6. The number of aliphatic carboxylic acids is 2. The second-order valence-electron chi connectivity index (χ2n) is 20.8. The highest BCUT2D eigenvalue weighted by Crippen LogP contribution is 2.14. The normalized spacial score (nSPS) is 13.1. The van der Waals surface area contributed by atoms with Crippen molar-refractivity contribution in [1.29, 1.82) is 0 Å². The first-order chi connectivity index (χ1) is 44.9. The largest absolute Gasteiger partial charge is 0.490 e. The summed E-state index contributed by atoms with van der Waals surface area (Å²) in [5, 5.41) is 35.3. The molecule has 0 fully saturated rings. The van der Waals surface area contributed by atoms with Crippen LogP contribution >= 0.6 is 0 Å². The van der Waals surface area contributed by atoms with Gasteiger partial charge in [-0.05, 0) is 103 Å². The van der Waals surface area contributed by atoms with Crippen LogP contribution in [0.2, 0.25) is 0 Å². The van der Waals surface area contributed by atoms with Gasteiger partial charge in [0, 0.05) is 52.4 Å². The van der Waals surface area contributed by atoms with Gasteiger partial charge in [-0.25, -0.2) is 9.59 Å². The number of carbonyl (C=O) groups is 9. The minimum atomic E-state index is -5.08. The highest BCUT2D eigenvalue weighted by atomic mass is 19.4. The standard InChI is InChI=1S/C48H98N32O9.C2HF3O2/c49-25(9-1-17-66-41(50)51)33(81)74-26(10-2-18-67-42(52)53)34(82)75-27(11-3-19-68-43(54)55)35(83)76-28(12-4-20-69-44(56)57)36(84)77-29(13-5-21-70-45(58)59)37(85)78-30(14-6-22-71-46(60)61)38(86)79-31(15-7-23-72-47(62)63)39(87)80-32(40(88)89)16-8-24-73-48(64)65;3-2(4,5)1(6)7/h25-32H,1-24,49H2,(H,74,81)(H,75,82)(H,76,83)(H,77,84)(H,78,85)(H,79,86)(H,80,87)(H,88,89)(H4,50,51,66)(H4,52,53,67)(H4,54,55,68)(H4,56,57,69)(H4,58,59,70)(H4,60,61,71)(H4,62,63,72)(H4,64,65,73);(H,6,7)/t25-,26-,27-,28-,29-,30-,31-,32-;/m0./s1. The average molecular weight is 1380 g/mol. The molecule has 0 aromatic carbocycles. The van der Waals surface area contributed by atoms with Crippen LogP contribution in [0.1, 0.15) is 103 Å². The summed E-state index contributed by atoms with van der Waals surface area (Å²) in [6.45, 7) is 0.134. The van der Waals surface area contributed by atoms with Crippen LogP contribution in [0.4, 0.5) is 13.2 Å². The monoisotopic (exact) mass is 1380 g/mol. The zero-order valence-corrected chi connectivity index (χ0v) is 53.2. The number of carboxylic acids is 2. The number of amides is 7. The second kappa shape index (κ2) is 48.8. The maximum Gasteiger partial charge on any atom is 0.490 e. The highest BCUT2D eigenvalue weighted by Gasteiger charge is 2.38. The number of nitrogens with zero attached hydrogens (tertiary/aromatic N) is 8. The van der Waals surface area contributed by atoms with E-state index >= 15 is 0 Å². The molecular weight excluding hydrogens is 1280 g/mol. The van der Waals surface area contributed by atoms with Gasteiger partial charge in [0.05, 0.1) is 6.04 Å². The number of rotatable bonds is 47. The third-order valence-corrected chi connectivity index (χ3v) is 12.6. The number of aliphatic imine (C=N–C) groups is 8. The van der Waals surface area contributed by atoms with Crippen molar-refractivity contribution in [2.24, 2.45) is 137 Å². The van der Waals surface area contributed by atoms with Gasteiger partial charge in [0.2, 0.25) is 41.4 Å². The summed E-state index contributed by atoms with van der Waals surface area (Å²) >= 11 is 0. The molecule has 43 nitrogen and oxygen atoms in total. The van der Waals surface area contributed by atoms with Gasteiger partial charge < -0.3 is 145 Å². The van der Waals surface area contributed by atoms with Gasteiger partial charge in [-0.1, -0.05) is 0 Å². The molecule has 0 unspecified atom stereocenters. The van der Waals surface area contributed by atoms with Crippen molar-refractivity contribution in [1.82, 2.24) is 37.2 Å². The molecule has 0 aromatic heterocycles. The number of carboxylic acid groups (broad SMARTS) is 2. The van der Waals surface area contributed by atoms with Crippen LogP contribution < -0.4 is 135 Å². The number of nitrogens with two attached hydrogens (primary N) is 17. The molecule has 0 saturated carbocycles. The summed E-state index contributed by atoms with van der Waals surface area (Å²) in [4.78, 5) is 152. The molecule has 546 valence electrons. The van der Waals surface area contributed by atoms with Crippen molar-refractivity contribution in [3.8, 4) is 0 Å². The fourth-order valence-electron chi connectivity index (χ4n) is 7.96. The number of alkyl halides is 3. The van der Waals surface area contributed by atoms with E-state index in [1.165, 1.54) is 0 Å². The number of guanidine groups is 8. The second-order valence-corrected chi connectivity index (χ2v) is 20.8. The van der Waals surface area contributed by atoms with E-state index in [1.807, 2.05) is 0 Å². The Kier molecular flexibility index (Phi) is 44.4. The molecule has 0 aliphatic rings. The lowest BCUT2D eigenvalue weighted by Gasteiger charge is -2.28. The molecule has 0 spiro atoms. The molecule has 96 heavy (non-hydrogen) atoms. The van der Waals surface area contributed by atoms with Crippen molar-refractivity contribution in [3.05, 3.63) is 0 Å². The molecule has 0 rings (SSSR count). The molecule has 0 bridgehead atoms. The zero-order valence-electron chi connectivity index (χ0n) is 53.2. The van der Waals surface area contributed by atoms with Crippen LogP contribution in [0, 0.1) is 0 Å². The number of carbonyl (C=O) groups excluding carboxylic acids is 7. The van der Waals surface area contributed by atoms with Gasteiger partial charge in [-0.3, -0.25) is 73.5 Å². The Morgan fingerprint density at radius 3 is 0.583 bits per heavy atom. The van der Waals surface area contributed by atoms with Gasteiger partial charge in [0.25, 0.3) is 0 Å². The predicted octanol–water partition coefficient (Wildman–Crippen LogP) is -11.1. The molecule has 0 saturated heterocycles. The lowest BCUT2D eigenvalue weighted by Crippen LogP contribution is -2.60. The van der Waals surface area contributed by atoms with Gasteiger partial charge in [0.1, 0.15) is 42.3 Å². The Bertz CT molecular complexity index is 2700. The van der Waals surface area contributed by atoms with E-state index < -0.39 is 108 Å². The predicted molar refractivity (Wildman–Crippen MR) is 352 cm³/mol. The quantitative estimate of drug-likeness (QED) is 0.0153. The Hall–Kier alpha value is -10.9. The SMILES string of the molecule is NC(N)=NCCC[C@H](NC(=O)[C@H](CCCN=C(N)N)NC(=O)[C@H](CCCN=C(N)N)NC(=O)[C@H](CCCN=C(N)N)NC(=O)[C@H](CCCN=C(N)N)NC(=O)[C@H](CCCN=C(N)N)NC(=O)[C@H](CCCN=C(N)N)NC(=O)[C@@H](N)CCCN=C(N)N)C(=O)O.O=C(O)C(F)(F)F. The summed E-state index contributed by atoms with van der Waals surface area (Å²) in [5.41, 5.74) is 94.1. The summed E-state index contributed by atoms with van der Waals surface area (Å²) < 4.78 is 31.7. The van der Waals surface area contributed by atoms with Gasteiger partial charge in [0.15, 0.2) is 47.7 Å². The zero-order chi connectivity index (χ0) is 73.5. The van der Waals surface area contributed by atoms with Crippen LogP contribution in [-0.2, 0) is 43.2 Å². The molecule has 0 aliphatic carbocycles. The first-order valence-corrected chi connectivity index (χ1v) is 29.7. The van der Waals surface area contributed by atoms with E-state index in [0.29, 0.717) is 6.42 Å². The maximum absolute atomic E-state index is 14.6. The van der Waals surface area contributed by atoms with Crippen molar-refractivity contribution in [2.45, 2.75) is 157 Å². The van der Waals surface area contributed by atoms with Crippen LogP contribution in [0.3, 0.4) is 0 Å². The van der Waals surface area contributed by atoms with E-state index in [9.17, 15) is 56.6 Å². The summed E-state index contributed by atoms with van der Waals surface area (Å²) in [5.74, 6) is -12.4. The van der Waals surface area contributed by atoms with E-state index in [1.54, 1.807) is 0 Å². The third kappa shape index (κ3) is 45.4. The highest BCUT2D eigenvalue weighted by molar-refractivity contribution is 5.98. The van der Waals surface area contributed by atoms with E-state index in [4.69, 9.17) is 107 Å². The molecule has 7 amide bonds. The number of hydrogen-bond acceptors (Lipinski definition) is 18. The molecule has 46 heteroatoms. The van der Waals surface area contributed by atoms with Crippen molar-refractivity contribution in [3.63, 3.8) is 0 Å². The summed E-state index contributed by atoms with van der Waals surface area (Å²) in [6.07, 6.45) is -4.99. The lowest BCUT2D eigenvalue weighted by atomic mass is 10.0. The maximum atomic E-state index is 14.6. The van der Waals surface area contributed by atoms with Crippen LogP contribution in [0.5, 0.6) is 0 Å². The number of nitrogens with one attached hydrogen (secondary N) is 7. The topological polar surface area (TPSA) is 820 Å².